The van der Waals surface area contributed by atoms with Gasteiger partial charge in [0, 0.05) is 19.3 Å². The van der Waals surface area contributed by atoms with Crippen LogP contribution in [0, 0.1) is 0 Å². The van der Waals surface area contributed by atoms with Gasteiger partial charge in [0.15, 0.2) is 6.29 Å². The fraction of sp³-hybridized carbons (Fsp3) is 0.800. The molecule has 0 saturated carbocycles. The maximum Gasteiger partial charge on any atom is 0.330 e. The van der Waals surface area contributed by atoms with Crippen molar-refractivity contribution in [2.75, 3.05) is 33.0 Å². The lowest BCUT2D eigenvalue weighted by Crippen LogP contribution is -2.25. The third-order valence-corrected chi connectivity index (χ3v) is 2.50. The average molecular weight is 288 g/mol. The minimum atomic E-state index is -0.441. The highest BCUT2D eigenvalue weighted by Crippen LogP contribution is 2.01. The Morgan fingerprint density at radius 2 is 1.65 bits per heavy atom. The van der Waals surface area contributed by atoms with E-state index in [4.69, 9.17) is 18.9 Å². The van der Waals surface area contributed by atoms with Gasteiger partial charge in [-0.1, -0.05) is 33.3 Å². The van der Waals surface area contributed by atoms with Gasteiger partial charge in [-0.25, -0.2) is 4.79 Å². The number of carbonyl (C=O) groups excluding carboxylic acids is 1. The first kappa shape index (κ1) is 19.1. The molecule has 0 aromatic rings. The van der Waals surface area contributed by atoms with Gasteiger partial charge in [-0.15, -0.1) is 0 Å². The van der Waals surface area contributed by atoms with Gasteiger partial charge in [0.2, 0.25) is 0 Å². The van der Waals surface area contributed by atoms with Crippen LogP contribution in [0.5, 0.6) is 0 Å². The molecule has 0 fully saturated rings. The van der Waals surface area contributed by atoms with Crippen LogP contribution in [0.2, 0.25) is 0 Å². The van der Waals surface area contributed by atoms with Crippen molar-refractivity contribution >= 4 is 5.97 Å². The van der Waals surface area contributed by atoms with Gasteiger partial charge in [0.05, 0.1) is 13.2 Å². The van der Waals surface area contributed by atoms with Gasteiger partial charge in [-0.3, -0.25) is 0 Å². The van der Waals surface area contributed by atoms with E-state index >= 15 is 0 Å². The van der Waals surface area contributed by atoms with Crippen molar-refractivity contribution in [3.63, 3.8) is 0 Å². The Morgan fingerprint density at radius 3 is 2.15 bits per heavy atom. The number of unbranched alkanes of at least 4 members (excludes halogenated alkanes) is 2. The van der Waals surface area contributed by atoms with E-state index < -0.39 is 5.97 Å². The van der Waals surface area contributed by atoms with E-state index in [2.05, 4.69) is 20.4 Å². The molecular formula is C15H28O5. The van der Waals surface area contributed by atoms with Gasteiger partial charge < -0.3 is 18.9 Å². The lowest BCUT2D eigenvalue weighted by atomic mass is 10.3. The van der Waals surface area contributed by atoms with Crippen LogP contribution in [-0.4, -0.2) is 45.3 Å². The molecule has 0 radical (unpaired) electrons. The highest BCUT2D eigenvalue weighted by Gasteiger charge is 2.09. The smallest absolute Gasteiger partial charge is 0.330 e. The second-order valence-corrected chi connectivity index (χ2v) is 4.32. The number of carbonyl (C=O) groups is 1. The van der Waals surface area contributed by atoms with Crippen LogP contribution in [0.15, 0.2) is 12.7 Å². The van der Waals surface area contributed by atoms with Gasteiger partial charge >= 0.3 is 5.97 Å². The fourth-order valence-corrected chi connectivity index (χ4v) is 1.30. The molecule has 20 heavy (non-hydrogen) atoms. The van der Waals surface area contributed by atoms with Crippen LogP contribution < -0.4 is 0 Å². The Labute approximate surface area is 122 Å². The molecule has 0 atom stereocenters. The summed E-state index contributed by atoms with van der Waals surface area (Å²) in [5.74, 6) is -0.441. The van der Waals surface area contributed by atoms with Crippen molar-refractivity contribution in [3.8, 4) is 0 Å². The maximum atomic E-state index is 10.8. The molecule has 0 rings (SSSR count). The maximum absolute atomic E-state index is 10.8. The Hall–Kier alpha value is -0.910. The van der Waals surface area contributed by atoms with Crippen LogP contribution in [-0.2, 0) is 23.7 Å². The summed E-state index contributed by atoms with van der Waals surface area (Å²) in [7, 11) is 0. The predicted octanol–water partition coefficient (Wildman–Crippen LogP) is 2.69. The first-order valence-corrected chi connectivity index (χ1v) is 7.34. The zero-order chi connectivity index (χ0) is 15.1. The van der Waals surface area contributed by atoms with E-state index in [1.807, 2.05) is 0 Å². The summed E-state index contributed by atoms with van der Waals surface area (Å²) in [5, 5.41) is 0. The van der Waals surface area contributed by atoms with Crippen LogP contribution >= 0.6 is 0 Å². The van der Waals surface area contributed by atoms with Gasteiger partial charge in [-0.05, 0) is 12.8 Å². The quantitative estimate of drug-likeness (QED) is 0.213. The fourth-order valence-electron chi connectivity index (χ4n) is 1.30. The molecule has 5 nitrogen and oxygen atoms in total. The van der Waals surface area contributed by atoms with Gasteiger partial charge in [-0.2, -0.15) is 0 Å². The molecule has 0 N–H and O–H groups in total. The van der Waals surface area contributed by atoms with Crippen LogP contribution in [0.3, 0.4) is 0 Å². The second-order valence-electron chi connectivity index (χ2n) is 4.32. The van der Waals surface area contributed by atoms with Gasteiger partial charge in [0.1, 0.15) is 6.61 Å². The monoisotopic (exact) mass is 288 g/mol. The van der Waals surface area contributed by atoms with Crippen molar-refractivity contribution in [1.82, 2.24) is 0 Å². The molecule has 0 amide bonds. The summed E-state index contributed by atoms with van der Waals surface area (Å²) < 4.78 is 21.4. The SMILES string of the molecule is C=CC(=O)OCCOCC(OCCCC)OCCCC. The van der Waals surface area contributed by atoms with Crippen molar-refractivity contribution in [2.45, 2.75) is 45.8 Å². The number of rotatable bonds is 14. The summed E-state index contributed by atoms with van der Waals surface area (Å²) in [6.45, 7) is 9.76. The minimum Gasteiger partial charge on any atom is -0.460 e. The predicted molar refractivity (Wildman–Crippen MR) is 77.5 cm³/mol. The standard InChI is InChI=1S/C15H28O5/c1-4-7-9-19-15(20-10-8-5-2)13-17-11-12-18-14(16)6-3/h6,15H,3-5,7-13H2,1-2H3. The molecular weight excluding hydrogens is 260 g/mol. The summed E-state index contributed by atoms with van der Waals surface area (Å²) in [5.41, 5.74) is 0. The molecule has 0 unspecified atom stereocenters. The first-order chi connectivity index (χ1) is 9.74. The van der Waals surface area contributed by atoms with Crippen molar-refractivity contribution in [2.24, 2.45) is 0 Å². The van der Waals surface area contributed by atoms with E-state index in [9.17, 15) is 4.79 Å². The summed E-state index contributed by atoms with van der Waals surface area (Å²) >= 11 is 0. The minimum absolute atomic E-state index is 0.210. The van der Waals surface area contributed by atoms with Crippen molar-refractivity contribution < 1.29 is 23.7 Å². The highest BCUT2D eigenvalue weighted by atomic mass is 16.7. The zero-order valence-electron chi connectivity index (χ0n) is 12.8. The number of esters is 1. The van der Waals surface area contributed by atoms with E-state index in [0.717, 1.165) is 31.8 Å². The van der Waals surface area contributed by atoms with Crippen LogP contribution in [0.4, 0.5) is 0 Å². The number of ether oxygens (including phenoxy) is 4. The van der Waals surface area contributed by atoms with Gasteiger partial charge in [0.25, 0.3) is 0 Å². The van der Waals surface area contributed by atoms with E-state index in [0.29, 0.717) is 26.4 Å². The number of hydrogen-bond acceptors (Lipinski definition) is 5. The topological polar surface area (TPSA) is 54.0 Å². The molecule has 0 saturated heterocycles. The lowest BCUT2D eigenvalue weighted by molar-refractivity contribution is -0.175. The molecule has 0 bridgehead atoms. The zero-order valence-corrected chi connectivity index (χ0v) is 12.8. The molecule has 0 aromatic heterocycles. The summed E-state index contributed by atoms with van der Waals surface area (Å²) in [6.07, 6.45) is 4.96. The van der Waals surface area contributed by atoms with Crippen LogP contribution in [0.1, 0.15) is 39.5 Å². The van der Waals surface area contributed by atoms with Crippen molar-refractivity contribution in [3.05, 3.63) is 12.7 Å². The van der Waals surface area contributed by atoms with E-state index in [1.165, 1.54) is 0 Å². The molecule has 0 spiro atoms. The normalized spacial score (nSPS) is 10.8. The third-order valence-electron chi connectivity index (χ3n) is 2.50. The van der Waals surface area contributed by atoms with E-state index in [1.54, 1.807) is 0 Å². The molecule has 0 aliphatic rings. The summed E-state index contributed by atoms with van der Waals surface area (Å²) in [4.78, 5) is 10.8. The summed E-state index contributed by atoms with van der Waals surface area (Å²) in [6, 6.07) is 0. The largest absolute Gasteiger partial charge is 0.460 e. The molecule has 5 heteroatoms. The Bertz CT molecular complexity index is 232. The van der Waals surface area contributed by atoms with E-state index in [-0.39, 0.29) is 12.9 Å². The van der Waals surface area contributed by atoms with Crippen molar-refractivity contribution in [1.29, 1.82) is 0 Å². The van der Waals surface area contributed by atoms with Crippen LogP contribution in [0.25, 0.3) is 0 Å². The second kappa shape index (κ2) is 14.5. The Morgan fingerprint density at radius 1 is 1.05 bits per heavy atom. The third kappa shape index (κ3) is 12.1. The molecule has 0 aromatic carbocycles. The first-order valence-electron chi connectivity index (χ1n) is 7.34. The highest BCUT2D eigenvalue weighted by molar-refractivity contribution is 5.81. The molecule has 0 aliphatic heterocycles. The Balaban J connectivity index is 3.71. The molecule has 118 valence electrons. The lowest BCUT2D eigenvalue weighted by Gasteiger charge is -2.18. The molecule has 0 heterocycles. The number of hydrogen-bond donors (Lipinski definition) is 0. The molecule has 0 aliphatic carbocycles. The average Bonchev–Trinajstić information content (AvgIpc) is 2.46. The Kier molecular flexibility index (Phi) is 13.8.